The molecule has 0 radical (unpaired) electrons. The van der Waals surface area contributed by atoms with Gasteiger partial charge in [-0.3, -0.25) is 0 Å². The summed E-state index contributed by atoms with van der Waals surface area (Å²) in [6, 6.07) is -0.398. The molecule has 1 heterocycles. The van der Waals surface area contributed by atoms with Gasteiger partial charge in [-0.2, -0.15) is 0 Å². The van der Waals surface area contributed by atoms with Gasteiger partial charge < -0.3 is 20.6 Å². The number of likely N-dealkylation sites (tertiary alicyclic amines) is 1. The molecule has 1 atom stereocenters. The van der Waals surface area contributed by atoms with Crippen LogP contribution >= 0.6 is 0 Å². The zero-order valence-electron chi connectivity index (χ0n) is 12.0. The summed E-state index contributed by atoms with van der Waals surface area (Å²) in [5, 5.41) is 14.4. The van der Waals surface area contributed by atoms with E-state index >= 15 is 0 Å². The maximum atomic E-state index is 11.7. The van der Waals surface area contributed by atoms with E-state index in [1.807, 2.05) is 0 Å². The summed E-state index contributed by atoms with van der Waals surface area (Å²) < 4.78 is 0. The number of carboxylic acid groups (broad SMARTS) is 1. The smallest absolute Gasteiger partial charge is 0.329 e. The molecule has 0 aliphatic carbocycles. The van der Waals surface area contributed by atoms with Gasteiger partial charge in [-0.25, -0.2) is 9.59 Å². The first-order valence-corrected chi connectivity index (χ1v) is 6.85. The van der Waals surface area contributed by atoms with E-state index in [9.17, 15) is 9.59 Å². The van der Waals surface area contributed by atoms with E-state index in [0.717, 1.165) is 25.9 Å². The number of piperidine rings is 1. The Kier molecular flexibility index (Phi) is 5.60. The fourth-order valence-electron chi connectivity index (χ4n) is 2.09. The normalized spacial score (nSPS) is 20.6. The van der Waals surface area contributed by atoms with E-state index in [1.165, 1.54) is 6.92 Å². The lowest BCUT2D eigenvalue weighted by Gasteiger charge is -2.30. The topological polar surface area (TPSA) is 81.7 Å². The molecular formula is C13H25N3O3. The maximum Gasteiger partial charge on any atom is 0.329 e. The molecule has 1 unspecified atom stereocenters. The van der Waals surface area contributed by atoms with Crippen LogP contribution in [0.2, 0.25) is 0 Å². The Bertz CT molecular complexity index is 327. The van der Waals surface area contributed by atoms with Crippen molar-refractivity contribution in [1.82, 2.24) is 15.5 Å². The van der Waals surface area contributed by atoms with E-state index in [1.54, 1.807) is 6.92 Å². The summed E-state index contributed by atoms with van der Waals surface area (Å²) in [6.45, 7) is 5.97. The Morgan fingerprint density at radius 2 is 1.95 bits per heavy atom. The average Bonchev–Trinajstić information content (AvgIpc) is 2.37. The predicted molar refractivity (Wildman–Crippen MR) is 73.1 cm³/mol. The van der Waals surface area contributed by atoms with Gasteiger partial charge in [-0.15, -0.1) is 0 Å². The van der Waals surface area contributed by atoms with Crippen molar-refractivity contribution in [3.8, 4) is 0 Å². The molecule has 0 bridgehead atoms. The molecule has 1 rings (SSSR count). The van der Waals surface area contributed by atoms with E-state index in [4.69, 9.17) is 5.11 Å². The molecule has 6 heteroatoms. The van der Waals surface area contributed by atoms with Crippen molar-refractivity contribution in [2.24, 2.45) is 5.92 Å². The lowest BCUT2D eigenvalue weighted by atomic mass is 9.97. The number of carbonyl (C=O) groups excluding carboxylic acids is 1. The molecule has 1 saturated heterocycles. The van der Waals surface area contributed by atoms with Crippen LogP contribution in [-0.4, -0.2) is 54.2 Å². The van der Waals surface area contributed by atoms with Gasteiger partial charge in [0.05, 0.1) is 0 Å². The monoisotopic (exact) mass is 271 g/mol. The highest BCUT2D eigenvalue weighted by Gasteiger charge is 2.32. The van der Waals surface area contributed by atoms with Crippen LogP contribution in [0.15, 0.2) is 0 Å². The summed E-state index contributed by atoms with van der Waals surface area (Å²) >= 11 is 0. The lowest BCUT2D eigenvalue weighted by molar-refractivity contribution is -0.143. The second-order valence-corrected chi connectivity index (χ2v) is 5.57. The third-order valence-corrected chi connectivity index (χ3v) is 3.96. The predicted octanol–water partition coefficient (Wildman–Crippen LogP) is 0.881. The average molecular weight is 271 g/mol. The van der Waals surface area contributed by atoms with Crippen molar-refractivity contribution in [3.63, 3.8) is 0 Å². The van der Waals surface area contributed by atoms with Crippen molar-refractivity contribution in [3.05, 3.63) is 0 Å². The largest absolute Gasteiger partial charge is 0.480 e. The summed E-state index contributed by atoms with van der Waals surface area (Å²) in [5.41, 5.74) is -1.20. The third-order valence-electron chi connectivity index (χ3n) is 3.96. The number of amides is 2. The van der Waals surface area contributed by atoms with Gasteiger partial charge in [-0.1, -0.05) is 6.92 Å². The first kappa shape index (κ1) is 15.8. The zero-order chi connectivity index (χ0) is 14.5. The Morgan fingerprint density at radius 3 is 2.42 bits per heavy atom. The summed E-state index contributed by atoms with van der Waals surface area (Å²) in [7, 11) is 2.09. The van der Waals surface area contributed by atoms with Gasteiger partial charge in [0.1, 0.15) is 5.54 Å². The molecule has 6 nitrogen and oxygen atoms in total. The number of rotatable bonds is 5. The second kappa shape index (κ2) is 6.75. The second-order valence-electron chi connectivity index (χ2n) is 5.57. The number of carbonyl (C=O) groups is 2. The number of hydrogen-bond acceptors (Lipinski definition) is 3. The van der Waals surface area contributed by atoms with Crippen molar-refractivity contribution in [2.45, 2.75) is 38.6 Å². The first-order valence-electron chi connectivity index (χ1n) is 6.85. The van der Waals surface area contributed by atoms with E-state index in [-0.39, 0.29) is 0 Å². The highest BCUT2D eigenvalue weighted by Crippen LogP contribution is 2.15. The van der Waals surface area contributed by atoms with Crippen LogP contribution in [-0.2, 0) is 4.79 Å². The molecule has 1 aliphatic rings. The molecule has 0 aromatic heterocycles. The summed E-state index contributed by atoms with van der Waals surface area (Å²) in [6.07, 6.45) is 2.49. The molecule has 3 N–H and O–H groups in total. The minimum absolute atomic E-state index is 0.351. The molecular weight excluding hydrogens is 246 g/mol. The third kappa shape index (κ3) is 4.70. The first-order chi connectivity index (χ1) is 8.87. The zero-order valence-corrected chi connectivity index (χ0v) is 12.0. The van der Waals surface area contributed by atoms with Crippen LogP contribution in [0, 0.1) is 5.92 Å². The number of aliphatic carboxylic acids is 1. The molecule has 0 aromatic carbocycles. The Labute approximate surface area is 114 Å². The molecule has 1 fully saturated rings. The van der Waals surface area contributed by atoms with Crippen LogP contribution in [0.4, 0.5) is 4.79 Å². The minimum Gasteiger partial charge on any atom is -0.480 e. The number of carboxylic acids is 1. The van der Waals surface area contributed by atoms with Gasteiger partial charge in [-0.05, 0) is 52.2 Å². The molecule has 19 heavy (non-hydrogen) atoms. The quantitative estimate of drug-likeness (QED) is 0.693. The fraction of sp³-hybridized carbons (Fsp3) is 0.846. The molecule has 110 valence electrons. The molecule has 0 spiro atoms. The van der Waals surface area contributed by atoms with E-state index in [2.05, 4.69) is 22.6 Å². The SMILES string of the molecule is CCC(C)(NC(=O)NCC1CCN(C)CC1)C(=O)O. The van der Waals surface area contributed by atoms with Crippen LogP contribution in [0.1, 0.15) is 33.1 Å². The van der Waals surface area contributed by atoms with Crippen molar-refractivity contribution < 1.29 is 14.7 Å². The van der Waals surface area contributed by atoms with Crippen LogP contribution in [0.5, 0.6) is 0 Å². The van der Waals surface area contributed by atoms with Gasteiger partial charge in [0.25, 0.3) is 0 Å². The molecule has 1 aliphatic heterocycles. The van der Waals surface area contributed by atoms with Crippen molar-refractivity contribution in [1.29, 1.82) is 0 Å². The Morgan fingerprint density at radius 1 is 1.37 bits per heavy atom. The Hall–Kier alpha value is -1.30. The number of urea groups is 1. The van der Waals surface area contributed by atoms with Crippen molar-refractivity contribution in [2.75, 3.05) is 26.7 Å². The number of hydrogen-bond donors (Lipinski definition) is 3. The highest BCUT2D eigenvalue weighted by atomic mass is 16.4. The van der Waals surface area contributed by atoms with Crippen molar-refractivity contribution >= 4 is 12.0 Å². The highest BCUT2D eigenvalue weighted by molar-refractivity contribution is 5.85. The van der Waals surface area contributed by atoms with Gasteiger partial charge in [0.2, 0.25) is 0 Å². The fourth-order valence-corrected chi connectivity index (χ4v) is 2.09. The maximum absolute atomic E-state index is 11.7. The number of nitrogens with zero attached hydrogens (tertiary/aromatic N) is 1. The molecule has 0 aromatic rings. The Balaban J connectivity index is 2.33. The van der Waals surface area contributed by atoms with E-state index < -0.39 is 17.5 Å². The summed E-state index contributed by atoms with van der Waals surface area (Å²) in [5.74, 6) is -0.524. The van der Waals surface area contributed by atoms with Crippen LogP contribution in [0.25, 0.3) is 0 Å². The van der Waals surface area contributed by atoms with Gasteiger partial charge in [0, 0.05) is 6.54 Å². The van der Waals surface area contributed by atoms with Crippen LogP contribution < -0.4 is 10.6 Å². The lowest BCUT2D eigenvalue weighted by Crippen LogP contribution is -2.55. The minimum atomic E-state index is -1.20. The summed E-state index contributed by atoms with van der Waals surface area (Å²) in [4.78, 5) is 25.1. The number of nitrogens with one attached hydrogen (secondary N) is 2. The van der Waals surface area contributed by atoms with E-state index in [0.29, 0.717) is 18.9 Å². The van der Waals surface area contributed by atoms with Gasteiger partial charge in [0.15, 0.2) is 0 Å². The standard InChI is InChI=1S/C13H25N3O3/c1-4-13(2,11(17)18)15-12(19)14-9-10-5-7-16(3)8-6-10/h10H,4-9H2,1-3H3,(H,17,18)(H2,14,15,19). The van der Waals surface area contributed by atoms with Gasteiger partial charge >= 0.3 is 12.0 Å². The molecule has 2 amide bonds. The van der Waals surface area contributed by atoms with Crippen LogP contribution in [0.3, 0.4) is 0 Å². The molecule has 0 saturated carbocycles.